The molecule has 3 rings (SSSR count). The van der Waals surface area contributed by atoms with Gasteiger partial charge in [0.15, 0.2) is 17.4 Å². The van der Waals surface area contributed by atoms with Gasteiger partial charge in [-0.3, -0.25) is 4.79 Å². The smallest absolute Gasteiger partial charge is 0.302 e. The Hall–Kier alpha value is -3.46. The minimum Gasteiger partial charge on any atom is -0.490 e. The molecule has 0 fully saturated rings. The second-order valence-corrected chi connectivity index (χ2v) is 10.1. The van der Waals surface area contributed by atoms with Crippen LogP contribution in [0.25, 0.3) is 22.2 Å². The maximum atomic E-state index is 14.7. The van der Waals surface area contributed by atoms with E-state index in [2.05, 4.69) is 28.7 Å². The van der Waals surface area contributed by atoms with Crippen LogP contribution >= 0.6 is 0 Å². The van der Waals surface area contributed by atoms with Gasteiger partial charge in [-0.25, -0.2) is 14.4 Å². The predicted octanol–water partition coefficient (Wildman–Crippen LogP) is 8.43. The van der Waals surface area contributed by atoms with Crippen molar-refractivity contribution in [3.63, 3.8) is 0 Å². The van der Waals surface area contributed by atoms with Crippen molar-refractivity contribution < 1.29 is 18.7 Å². The van der Waals surface area contributed by atoms with Gasteiger partial charge in [0.2, 0.25) is 0 Å². The van der Waals surface area contributed by atoms with Crippen LogP contribution in [-0.4, -0.2) is 28.6 Å². The van der Waals surface area contributed by atoms with E-state index in [-0.39, 0.29) is 17.9 Å². The molecule has 0 amide bonds. The lowest BCUT2D eigenvalue weighted by Crippen LogP contribution is -2.11. The first-order valence-corrected chi connectivity index (χ1v) is 14.3. The van der Waals surface area contributed by atoms with E-state index in [1.807, 2.05) is 25.1 Å². The van der Waals surface area contributed by atoms with Gasteiger partial charge >= 0.3 is 5.97 Å². The highest BCUT2D eigenvalue weighted by Gasteiger charge is 2.09. The van der Waals surface area contributed by atoms with Crippen molar-refractivity contribution in [2.75, 3.05) is 6.61 Å². The maximum absolute atomic E-state index is 14.7. The Balaban J connectivity index is 1.49. The molecule has 3 aromatic rings. The molecule has 0 saturated carbocycles. The second kappa shape index (κ2) is 16.5. The van der Waals surface area contributed by atoms with Crippen molar-refractivity contribution >= 4 is 16.7 Å². The zero-order chi connectivity index (χ0) is 27.9. The zero-order valence-electron chi connectivity index (χ0n) is 23.6. The molecule has 2 aromatic carbocycles. The first kappa shape index (κ1) is 30.1. The van der Waals surface area contributed by atoms with E-state index in [1.54, 1.807) is 18.5 Å². The van der Waals surface area contributed by atoms with E-state index >= 15 is 0 Å². The first-order valence-electron chi connectivity index (χ1n) is 14.3. The summed E-state index contributed by atoms with van der Waals surface area (Å²) in [5.41, 5.74) is 1.55. The van der Waals surface area contributed by atoms with E-state index in [1.165, 1.54) is 51.5 Å². The normalized spacial score (nSPS) is 11.6. The Kier molecular flexibility index (Phi) is 12.7. The molecule has 0 bridgehead atoms. The predicted molar refractivity (Wildman–Crippen MR) is 155 cm³/mol. The number of halogens is 1. The van der Waals surface area contributed by atoms with Crippen LogP contribution in [0.4, 0.5) is 4.39 Å². The molecule has 0 saturated heterocycles. The summed E-state index contributed by atoms with van der Waals surface area (Å²) in [5, 5.41) is 1.69. The summed E-state index contributed by atoms with van der Waals surface area (Å²) in [5.74, 6) is 6.44. The Morgan fingerprint density at radius 2 is 1.67 bits per heavy atom. The highest BCUT2D eigenvalue weighted by atomic mass is 19.1. The summed E-state index contributed by atoms with van der Waals surface area (Å²) in [6.45, 7) is 6.07. The van der Waals surface area contributed by atoms with Crippen molar-refractivity contribution in [1.82, 2.24) is 9.97 Å². The van der Waals surface area contributed by atoms with Crippen LogP contribution in [0, 0.1) is 17.7 Å². The molecule has 0 aliphatic heterocycles. The van der Waals surface area contributed by atoms with Gasteiger partial charge in [-0.1, -0.05) is 75.8 Å². The minimum absolute atomic E-state index is 0.0961. The van der Waals surface area contributed by atoms with Crippen LogP contribution in [0.2, 0.25) is 0 Å². The average Bonchev–Trinajstić information content (AvgIpc) is 2.92. The minimum atomic E-state index is -0.354. The lowest BCUT2D eigenvalue weighted by atomic mass is 10.1. The number of unbranched alkanes of at least 4 members (excludes halogenated alkanes) is 8. The van der Waals surface area contributed by atoms with Crippen LogP contribution in [0.5, 0.6) is 5.75 Å². The number of ether oxygens (including phenoxy) is 2. The van der Waals surface area contributed by atoms with Gasteiger partial charge in [-0.05, 0) is 55.2 Å². The third-order valence-electron chi connectivity index (χ3n) is 6.57. The fraction of sp³-hybridized carbons (Fsp3) is 0.485. The number of aromatic nitrogens is 2. The molecule has 39 heavy (non-hydrogen) atoms. The fourth-order valence-corrected chi connectivity index (χ4v) is 4.44. The van der Waals surface area contributed by atoms with E-state index < -0.39 is 0 Å². The molecule has 0 radical (unpaired) electrons. The Morgan fingerprint density at radius 1 is 0.949 bits per heavy atom. The number of rotatable bonds is 15. The number of hydrogen-bond donors (Lipinski definition) is 0. The molecular formula is C33H41FN2O3. The number of carbonyl (C=O) groups excluding carboxylic acids is 1. The summed E-state index contributed by atoms with van der Waals surface area (Å²) < 4.78 is 25.6. The fourth-order valence-electron chi connectivity index (χ4n) is 4.44. The van der Waals surface area contributed by atoms with Crippen molar-refractivity contribution in [2.24, 2.45) is 0 Å². The molecular weight excluding hydrogens is 491 g/mol. The molecule has 0 aliphatic rings. The molecule has 1 aromatic heterocycles. The van der Waals surface area contributed by atoms with Gasteiger partial charge in [0.05, 0.1) is 18.3 Å². The quantitative estimate of drug-likeness (QED) is 0.112. The largest absolute Gasteiger partial charge is 0.490 e. The van der Waals surface area contributed by atoms with E-state index in [9.17, 15) is 9.18 Å². The molecule has 208 valence electrons. The number of esters is 1. The van der Waals surface area contributed by atoms with Crippen LogP contribution < -0.4 is 4.74 Å². The van der Waals surface area contributed by atoms with Gasteiger partial charge in [0, 0.05) is 31.3 Å². The lowest BCUT2D eigenvalue weighted by molar-refractivity contribution is -0.145. The van der Waals surface area contributed by atoms with Crippen LogP contribution in [0.1, 0.15) is 97.0 Å². The monoisotopic (exact) mass is 532 g/mol. The zero-order valence-corrected chi connectivity index (χ0v) is 23.6. The highest BCUT2D eigenvalue weighted by molar-refractivity contribution is 5.87. The third kappa shape index (κ3) is 10.7. The summed E-state index contributed by atoms with van der Waals surface area (Å²) in [4.78, 5) is 19.9. The summed E-state index contributed by atoms with van der Waals surface area (Å²) in [6, 6.07) is 9.07. The van der Waals surface area contributed by atoms with Crippen molar-refractivity contribution in [3.8, 4) is 29.0 Å². The third-order valence-corrected chi connectivity index (χ3v) is 6.57. The SMILES string of the molecule is CCCCCCCCCCOc1cc2ccc(-c3ncc(C#CCCCC(C)OC(C)=O)cn3)cc2cc1F. The summed E-state index contributed by atoms with van der Waals surface area (Å²) in [7, 11) is 0. The Morgan fingerprint density at radius 3 is 2.38 bits per heavy atom. The Labute approximate surface area is 232 Å². The van der Waals surface area contributed by atoms with Crippen molar-refractivity contribution in [2.45, 2.75) is 97.5 Å². The molecule has 1 atom stereocenters. The highest BCUT2D eigenvalue weighted by Crippen LogP contribution is 2.28. The number of fused-ring (bicyclic) bond motifs is 1. The number of hydrogen-bond acceptors (Lipinski definition) is 5. The van der Waals surface area contributed by atoms with E-state index in [0.29, 0.717) is 24.6 Å². The molecule has 1 heterocycles. The number of nitrogens with zero attached hydrogens (tertiary/aromatic N) is 2. The van der Waals surface area contributed by atoms with Crippen LogP contribution in [0.15, 0.2) is 42.7 Å². The summed E-state index contributed by atoms with van der Waals surface area (Å²) in [6.07, 6.45) is 15.4. The van der Waals surface area contributed by atoms with Gasteiger partial charge in [-0.2, -0.15) is 0 Å². The first-order chi connectivity index (χ1) is 19.0. The van der Waals surface area contributed by atoms with Gasteiger partial charge in [0.25, 0.3) is 0 Å². The van der Waals surface area contributed by atoms with Crippen molar-refractivity contribution in [1.29, 1.82) is 0 Å². The molecule has 0 N–H and O–H groups in total. The average molecular weight is 533 g/mol. The molecule has 0 spiro atoms. The van der Waals surface area contributed by atoms with Crippen molar-refractivity contribution in [3.05, 3.63) is 54.1 Å². The number of benzene rings is 2. The van der Waals surface area contributed by atoms with E-state index in [4.69, 9.17) is 9.47 Å². The number of carbonyl (C=O) groups is 1. The standard InChI is InChI=1S/C33H41FN2O3/c1-4-5-6-7-8-9-10-14-19-38-32-22-28-17-18-29(20-30(28)21-31(32)34)33-35-23-27(24-36-33)16-13-11-12-15-25(2)39-26(3)37/h17-18,20-25H,4-12,14-15,19H2,1-3H3. The van der Waals surface area contributed by atoms with Gasteiger partial charge in [-0.15, -0.1) is 0 Å². The molecule has 0 aliphatic carbocycles. The summed E-state index contributed by atoms with van der Waals surface area (Å²) >= 11 is 0. The molecule has 1 unspecified atom stereocenters. The van der Waals surface area contributed by atoms with Crippen LogP contribution in [-0.2, 0) is 9.53 Å². The second-order valence-electron chi connectivity index (χ2n) is 10.1. The van der Waals surface area contributed by atoms with Gasteiger partial charge < -0.3 is 9.47 Å². The van der Waals surface area contributed by atoms with E-state index in [0.717, 1.165) is 47.6 Å². The topological polar surface area (TPSA) is 61.3 Å². The van der Waals surface area contributed by atoms with Gasteiger partial charge in [0.1, 0.15) is 0 Å². The maximum Gasteiger partial charge on any atom is 0.302 e. The Bertz CT molecular complexity index is 1250. The van der Waals surface area contributed by atoms with Crippen LogP contribution in [0.3, 0.4) is 0 Å². The lowest BCUT2D eigenvalue weighted by Gasteiger charge is -2.10. The molecule has 5 nitrogen and oxygen atoms in total. The molecule has 6 heteroatoms.